The second-order valence-electron chi connectivity index (χ2n) is 8.49. The van der Waals surface area contributed by atoms with E-state index >= 15 is 0 Å². The maximum absolute atomic E-state index is 14.7. The zero-order valence-corrected chi connectivity index (χ0v) is 27.1. The third-order valence-corrected chi connectivity index (χ3v) is 9.50. The molecule has 2 fully saturated rings. The lowest BCUT2D eigenvalue weighted by molar-refractivity contribution is -0.0161. The summed E-state index contributed by atoms with van der Waals surface area (Å²) in [6, 6.07) is 0. The quantitative estimate of drug-likeness (QED) is 0.112. The van der Waals surface area contributed by atoms with Gasteiger partial charge in [-0.05, 0) is 67.8 Å². The maximum atomic E-state index is 14.7. The monoisotopic (exact) mass is 908 g/mol. The molecule has 2 aliphatic heterocycles. The summed E-state index contributed by atoms with van der Waals surface area (Å²) in [4.78, 5) is 25.5. The van der Waals surface area contributed by atoms with Crippen molar-refractivity contribution in [1.82, 2.24) is 0 Å². The first-order chi connectivity index (χ1) is 18.5. The molecule has 2 saturated heterocycles. The van der Waals surface area contributed by atoms with Crippen LogP contribution in [0.1, 0.15) is 46.4 Å². The van der Waals surface area contributed by atoms with Crippen molar-refractivity contribution in [2.75, 3.05) is 26.4 Å². The molecule has 0 radical (unpaired) electrons. The fourth-order valence-corrected chi connectivity index (χ4v) is 8.35. The molecule has 0 N–H and O–H groups in total. The third kappa shape index (κ3) is 6.72. The van der Waals surface area contributed by atoms with E-state index < -0.39 is 58.1 Å². The van der Waals surface area contributed by atoms with Crippen LogP contribution in [0, 0.1) is 34.0 Å². The smallest absolute Gasteiger partial charge is 0.340 e. The highest BCUT2D eigenvalue weighted by Crippen LogP contribution is 2.43. The fourth-order valence-electron chi connectivity index (χ4n) is 3.89. The molecule has 2 aromatic rings. The predicted octanol–water partition coefficient (Wildman–Crippen LogP) is 6.81. The summed E-state index contributed by atoms with van der Waals surface area (Å²) < 4.78 is 85.3. The first-order valence-corrected chi connectivity index (χ1v) is 15.2. The number of hydrogen-bond donors (Lipinski definition) is 1. The lowest BCUT2D eigenvalue weighted by Gasteiger charge is -2.25. The molecule has 0 saturated carbocycles. The molecule has 39 heavy (non-hydrogen) atoms. The van der Waals surface area contributed by atoms with E-state index in [4.69, 9.17) is 23.7 Å². The van der Waals surface area contributed by atoms with E-state index in [1.165, 1.54) is 0 Å². The molecule has 0 spiro atoms. The van der Waals surface area contributed by atoms with Crippen LogP contribution in [-0.2, 0) is 18.9 Å². The Morgan fingerprint density at radius 2 is 1.05 bits per heavy atom. The Balaban J connectivity index is 1.82. The molecular formula is C24H19F4I3O7S. The normalized spacial score (nSPS) is 16.7. The van der Waals surface area contributed by atoms with Crippen LogP contribution < -0.4 is 4.74 Å². The van der Waals surface area contributed by atoms with Gasteiger partial charge >= 0.3 is 11.9 Å². The number of halogens is 7. The number of benzene rings is 2. The Morgan fingerprint density at radius 3 is 1.44 bits per heavy atom. The lowest BCUT2D eigenvalue weighted by Crippen LogP contribution is -2.29. The Morgan fingerprint density at radius 1 is 0.667 bits per heavy atom. The summed E-state index contributed by atoms with van der Waals surface area (Å²) >= 11 is 8.64. The van der Waals surface area contributed by atoms with Crippen LogP contribution in [0.15, 0.2) is 4.90 Å². The van der Waals surface area contributed by atoms with Gasteiger partial charge in [0.2, 0.25) is 17.4 Å². The van der Waals surface area contributed by atoms with E-state index in [0.29, 0.717) is 52.1 Å². The van der Waals surface area contributed by atoms with E-state index in [9.17, 15) is 27.2 Å². The van der Waals surface area contributed by atoms with Gasteiger partial charge in [0.15, 0.2) is 17.4 Å². The molecule has 0 amide bonds. The molecule has 0 aromatic heterocycles. The standard InChI is InChI=1S/C24H19F4I3O7S/c25-13-15(27)22(39)16(28)14(26)20(13)38-21-18(30)11(23(32)36-9-1-5-34-6-2-9)17(29)12(19(21)31)24(33)37-10-3-7-35-8-4-10/h9-10,39H,1-8H2. The highest BCUT2D eigenvalue weighted by Gasteiger charge is 2.35. The summed E-state index contributed by atoms with van der Waals surface area (Å²) in [6.07, 6.45) is 0.902. The zero-order chi connectivity index (χ0) is 28.4. The van der Waals surface area contributed by atoms with Crippen LogP contribution >= 0.6 is 80.4 Å². The van der Waals surface area contributed by atoms with Crippen molar-refractivity contribution < 1.29 is 50.8 Å². The molecule has 15 heteroatoms. The number of rotatable bonds is 6. The highest BCUT2D eigenvalue weighted by molar-refractivity contribution is 14.1. The van der Waals surface area contributed by atoms with Crippen LogP contribution in [0.5, 0.6) is 11.5 Å². The van der Waals surface area contributed by atoms with Crippen LogP contribution in [0.3, 0.4) is 0 Å². The Bertz CT molecular complexity index is 1210. The van der Waals surface area contributed by atoms with Gasteiger partial charge in [0.05, 0.1) is 49.6 Å². The molecule has 0 atom stereocenters. The average Bonchev–Trinajstić information content (AvgIpc) is 2.91. The van der Waals surface area contributed by atoms with E-state index in [1.54, 1.807) is 67.8 Å². The largest absolute Gasteiger partial charge is 0.459 e. The van der Waals surface area contributed by atoms with Gasteiger partial charge in [-0.25, -0.2) is 18.4 Å². The van der Waals surface area contributed by atoms with Crippen molar-refractivity contribution in [3.05, 3.63) is 45.1 Å². The zero-order valence-electron chi connectivity index (χ0n) is 19.8. The summed E-state index contributed by atoms with van der Waals surface area (Å²) in [5.41, 5.74) is -0.241. The second kappa shape index (κ2) is 13.6. The van der Waals surface area contributed by atoms with Gasteiger partial charge in [-0.3, -0.25) is 0 Å². The van der Waals surface area contributed by atoms with Crippen molar-refractivity contribution in [2.45, 2.75) is 42.8 Å². The number of thiol groups is 1. The van der Waals surface area contributed by atoms with Crippen LogP contribution in [-0.4, -0.2) is 50.6 Å². The second-order valence-corrected chi connectivity index (χ2v) is 12.2. The molecule has 212 valence electrons. The minimum atomic E-state index is -1.83. The molecule has 0 bridgehead atoms. The minimum absolute atomic E-state index is 0.00985. The van der Waals surface area contributed by atoms with Gasteiger partial charge in [-0.15, -0.1) is 12.6 Å². The first kappa shape index (κ1) is 31.3. The minimum Gasteiger partial charge on any atom is -0.459 e. The summed E-state index contributed by atoms with van der Waals surface area (Å²) in [5.74, 6) is -10.6. The van der Waals surface area contributed by atoms with Crippen molar-refractivity contribution in [1.29, 1.82) is 0 Å². The highest BCUT2D eigenvalue weighted by atomic mass is 127. The van der Waals surface area contributed by atoms with Crippen molar-refractivity contribution in [3.63, 3.8) is 0 Å². The van der Waals surface area contributed by atoms with Crippen molar-refractivity contribution >= 4 is 92.3 Å². The number of ether oxygens (including phenoxy) is 5. The number of carbonyl (C=O) groups is 2. The van der Waals surface area contributed by atoms with Gasteiger partial charge in [0, 0.05) is 29.3 Å². The Kier molecular flexibility index (Phi) is 10.9. The number of esters is 2. The van der Waals surface area contributed by atoms with Gasteiger partial charge in [-0.1, -0.05) is 0 Å². The van der Waals surface area contributed by atoms with Crippen LogP contribution in [0.4, 0.5) is 17.6 Å². The number of hydrogen-bond acceptors (Lipinski definition) is 8. The molecule has 0 unspecified atom stereocenters. The molecule has 7 nitrogen and oxygen atoms in total. The maximum Gasteiger partial charge on any atom is 0.340 e. The van der Waals surface area contributed by atoms with E-state index in [-0.39, 0.29) is 27.6 Å². The molecular weight excluding hydrogens is 889 g/mol. The van der Waals surface area contributed by atoms with Gasteiger partial charge in [0.25, 0.3) is 0 Å². The Hall–Kier alpha value is -0.640. The molecule has 2 aliphatic rings. The third-order valence-electron chi connectivity index (χ3n) is 5.97. The molecule has 0 aliphatic carbocycles. The summed E-state index contributed by atoms with van der Waals surface area (Å²) in [7, 11) is 0. The lowest BCUT2D eigenvalue weighted by atomic mass is 10.1. The van der Waals surface area contributed by atoms with Crippen molar-refractivity contribution in [2.24, 2.45) is 0 Å². The average molecular weight is 908 g/mol. The van der Waals surface area contributed by atoms with Crippen molar-refractivity contribution in [3.8, 4) is 11.5 Å². The van der Waals surface area contributed by atoms with Crippen LogP contribution in [0.25, 0.3) is 0 Å². The SMILES string of the molecule is O=C(OC1CCOCC1)c1c(I)c(Oc2c(F)c(F)c(S)c(F)c2F)c(I)c(C(=O)OC2CCOCC2)c1I. The first-order valence-electron chi connectivity index (χ1n) is 11.5. The van der Waals surface area contributed by atoms with E-state index in [1.807, 2.05) is 0 Å². The molecule has 4 rings (SSSR count). The van der Waals surface area contributed by atoms with Gasteiger partial charge in [0.1, 0.15) is 12.2 Å². The van der Waals surface area contributed by atoms with Crippen LogP contribution in [0.2, 0.25) is 0 Å². The Labute approximate surface area is 266 Å². The van der Waals surface area contributed by atoms with E-state index in [0.717, 1.165) is 0 Å². The van der Waals surface area contributed by atoms with E-state index in [2.05, 4.69) is 12.6 Å². The molecule has 2 heterocycles. The molecule has 2 aromatic carbocycles. The fraction of sp³-hybridized carbons (Fsp3) is 0.417. The predicted molar refractivity (Wildman–Crippen MR) is 157 cm³/mol. The summed E-state index contributed by atoms with van der Waals surface area (Å²) in [6.45, 7) is 1.58. The number of carbonyl (C=O) groups excluding carboxylic acids is 2. The van der Waals surface area contributed by atoms with Gasteiger partial charge < -0.3 is 23.7 Å². The topological polar surface area (TPSA) is 80.3 Å². The summed E-state index contributed by atoms with van der Waals surface area (Å²) in [5, 5.41) is 0. The van der Waals surface area contributed by atoms with Gasteiger partial charge in [-0.2, -0.15) is 8.78 Å².